The second-order valence-electron chi connectivity index (χ2n) is 4.52. The maximum atomic E-state index is 4.48. The fraction of sp³-hybridized carbons (Fsp3) is 0.615. The fourth-order valence-electron chi connectivity index (χ4n) is 2.23. The van der Waals surface area contributed by atoms with Crippen molar-refractivity contribution >= 4 is 5.82 Å². The zero-order valence-electron chi connectivity index (χ0n) is 10.2. The predicted molar refractivity (Wildman–Crippen MR) is 67.7 cm³/mol. The fourth-order valence-corrected chi connectivity index (χ4v) is 2.23. The number of anilines is 1. The molecule has 1 aliphatic rings. The van der Waals surface area contributed by atoms with E-state index in [1.165, 1.54) is 32.5 Å². The van der Waals surface area contributed by atoms with Crippen LogP contribution in [0.25, 0.3) is 0 Å². The summed E-state index contributed by atoms with van der Waals surface area (Å²) < 4.78 is 0. The van der Waals surface area contributed by atoms with Crippen molar-refractivity contribution in [2.75, 3.05) is 25.0 Å². The highest BCUT2D eigenvalue weighted by Crippen LogP contribution is 2.15. The van der Waals surface area contributed by atoms with E-state index in [-0.39, 0.29) is 0 Å². The summed E-state index contributed by atoms with van der Waals surface area (Å²) in [5, 5.41) is 3.53. The van der Waals surface area contributed by atoms with Gasteiger partial charge in [0.15, 0.2) is 0 Å². The summed E-state index contributed by atoms with van der Waals surface area (Å²) in [6.45, 7) is 7.86. The van der Waals surface area contributed by atoms with Crippen LogP contribution in [0.2, 0.25) is 0 Å². The van der Waals surface area contributed by atoms with E-state index in [1.54, 1.807) is 0 Å². The van der Waals surface area contributed by atoms with E-state index in [0.717, 1.165) is 11.5 Å². The van der Waals surface area contributed by atoms with Crippen LogP contribution in [-0.4, -0.2) is 35.6 Å². The van der Waals surface area contributed by atoms with Crippen molar-refractivity contribution in [3.05, 3.63) is 23.9 Å². The van der Waals surface area contributed by atoms with Crippen LogP contribution in [0.15, 0.2) is 18.2 Å². The molecule has 88 valence electrons. The first-order valence-electron chi connectivity index (χ1n) is 6.20. The molecule has 1 saturated heterocycles. The summed E-state index contributed by atoms with van der Waals surface area (Å²) in [6, 6.07) is 6.74. The van der Waals surface area contributed by atoms with Gasteiger partial charge in [0.25, 0.3) is 0 Å². The largest absolute Gasteiger partial charge is 0.367 e. The molecule has 1 aromatic rings. The maximum absolute atomic E-state index is 4.48. The van der Waals surface area contributed by atoms with E-state index in [1.807, 2.05) is 13.0 Å². The Bertz CT molecular complexity index is 330. The molecule has 0 radical (unpaired) electrons. The highest BCUT2D eigenvalue weighted by molar-refractivity contribution is 5.36. The van der Waals surface area contributed by atoms with Crippen molar-refractivity contribution in [1.29, 1.82) is 0 Å². The summed E-state index contributed by atoms with van der Waals surface area (Å²) in [5.41, 5.74) is 1.08. The van der Waals surface area contributed by atoms with Gasteiger partial charge in [0.1, 0.15) is 5.82 Å². The number of pyridine rings is 1. The molecule has 2 rings (SSSR count). The molecule has 3 heteroatoms. The van der Waals surface area contributed by atoms with Crippen molar-refractivity contribution < 1.29 is 0 Å². The molecular formula is C13H21N3. The van der Waals surface area contributed by atoms with Gasteiger partial charge in [0, 0.05) is 24.8 Å². The van der Waals surface area contributed by atoms with Crippen LogP contribution in [-0.2, 0) is 0 Å². The van der Waals surface area contributed by atoms with Gasteiger partial charge in [-0.2, -0.15) is 0 Å². The molecular weight excluding hydrogens is 198 g/mol. The molecule has 0 bridgehead atoms. The number of hydrogen-bond donors (Lipinski definition) is 1. The predicted octanol–water partition coefficient (Wildman–Crippen LogP) is 2.29. The standard InChI is InChI=1S/C13H21N3/c1-3-16-9-7-12(8-10-16)15-13-6-4-5-11(2)14-13/h4-6,12H,3,7-10H2,1-2H3,(H,14,15). The second kappa shape index (κ2) is 5.30. The van der Waals surface area contributed by atoms with Crippen molar-refractivity contribution in [2.24, 2.45) is 0 Å². The summed E-state index contributed by atoms with van der Waals surface area (Å²) in [5.74, 6) is 1.02. The first kappa shape index (κ1) is 11.4. The lowest BCUT2D eigenvalue weighted by Gasteiger charge is -2.31. The topological polar surface area (TPSA) is 28.2 Å². The second-order valence-corrected chi connectivity index (χ2v) is 4.52. The molecule has 16 heavy (non-hydrogen) atoms. The van der Waals surface area contributed by atoms with Crippen molar-refractivity contribution in [3.8, 4) is 0 Å². The Morgan fingerprint density at radius 2 is 2.12 bits per heavy atom. The molecule has 1 aliphatic heterocycles. The number of rotatable bonds is 3. The number of nitrogens with one attached hydrogen (secondary N) is 1. The Labute approximate surface area is 97.9 Å². The van der Waals surface area contributed by atoms with Crippen LogP contribution < -0.4 is 5.32 Å². The minimum Gasteiger partial charge on any atom is -0.367 e. The van der Waals surface area contributed by atoms with Gasteiger partial charge >= 0.3 is 0 Å². The average molecular weight is 219 g/mol. The zero-order valence-corrected chi connectivity index (χ0v) is 10.2. The Kier molecular flexibility index (Phi) is 3.78. The van der Waals surface area contributed by atoms with Crippen molar-refractivity contribution in [3.63, 3.8) is 0 Å². The molecule has 0 spiro atoms. The van der Waals surface area contributed by atoms with E-state index >= 15 is 0 Å². The minimum absolute atomic E-state index is 0.595. The molecule has 0 unspecified atom stereocenters. The molecule has 0 saturated carbocycles. The van der Waals surface area contributed by atoms with Crippen LogP contribution >= 0.6 is 0 Å². The number of nitrogens with zero attached hydrogens (tertiary/aromatic N) is 2. The van der Waals surface area contributed by atoms with Crippen LogP contribution in [0, 0.1) is 6.92 Å². The summed E-state index contributed by atoms with van der Waals surface area (Å²) in [4.78, 5) is 6.98. The Balaban J connectivity index is 1.87. The smallest absolute Gasteiger partial charge is 0.126 e. The molecule has 1 fully saturated rings. The van der Waals surface area contributed by atoms with E-state index in [0.29, 0.717) is 6.04 Å². The van der Waals surface area contributed by atoms with Crippen molar-refractivity contribution in [1.82, 2.24) is 9.88 Å². The van der Waals surface area contributed by atoms with Gasteiger partial charge in [0.2, 0.25) is 0 Å². The lowest BCUT2D eigenvalue weighted by atomic mass is 10.1. The third-order valence-electron chi connectivity index (χ3n) is 3.28. The zero-order chi connectivity index (χ0) is 11.4. The van der Waals surface area contributed by atoms with Crippen LogP contribution in [0.1, 0.15) is 25.5 Å². The summed E-state index contributed by atoms with van der Waals surface area (Å²) in [7, 11) is 0. The highest BCUT2D eigenvalue weighted by Gasteiger charge is 2.17. The number of aromatic nitrogens is 1. The van der Waals surface area contributed by atoms with Gasteiger partial charge in [-0.3, -0.25) is 0 Å². The Morgan fingerprint density at radius 3 is 2.75 bits per heavy atom. The van der Waals surface area contributed by atoms with Gasteiger partial charge in [-0.15, -0.1) is 0 Å². The molecule has 1 aromatic heterocycles. The normalized spacial score (nSPS) is 18.6. The Morgan fingerprint density at radius 1 is 1.38 bits per heavy atom. The quantitative estimate of drug-likeness (QED) is 0.845. The number of likely N-dealkylation sites (tertiary alicyclic amines) is 1. The van der Waals surface area contributed by atoms with E-state index < -0.39 is 0 Å². The van der Waals surface area contributed by atoms with E-state index in [4.69, 9.17) is 0 Å². The van der Waals surface area contributed by atoms with Gasteiger partial charge in [-0.25, -0.2) is 4.98 Å². The SMILES string of the molecule is CCN1CCC(Nc2cccc(C)n2)CC1. The van der Waals surface area contributed by atoms with Crippen LogP contribution in [0.4, 0.5) is 5.82 Å². The highest BCUT2D eigenvalue weighted by atomic mass is 15.1. The van der Waals surface area contributed by atoms with Gasteiger partial charge < -0.3 is 10.2 Å². The lowest BCUT2D eigenvalue weighted by molar-refractivity contribution is 0.229. The van der Waals surface area contributed by atoms with Gasteiger partial charge in [-0.05, 0) is 38.4 Å². The van der Waals surface area contributed by atoms with Crippen molar-refractivity contribution in [2.45, 2.75) is 32.7 Å². The molecule has 0 aliphatic carbocycles. The third kappa shape index (κ3) is 2.95. The molecule has 2 heterocycles. The summed E-state index contributed by atoms with van der Waals surface area (Å²) >= 11 is 0. The van der Waals surface area contributed by atoms with Gasteiger partial charge in [0.05, 0.1) is 0 Å². The minimum atomic E-state index is 0.595. The van der Waals surface area contributed by atoms with Crippen LogP contribution in [0.3, 0.4) is 0 Å². The monoisotopic (exact) mass is 219 g/mol. The molecule has 1 N–H and O–H groups in total. The molecule has 0 atom stereocenters. The number of piperidine rings is 1. The molecule has 0 aromatic carbocycles. The third-order valence-corrected chi connectivity index (χ3v) is 3.28. The Hall–Kier alpha value is -1.09. The number of aryl methyl sites for hydroxylation is 1. The summed E-state index contributed by atoms with van der Waals surface area (Å²) in [6.07, 6.45) is 2.45. The number of hydrogen-bond acceptors (Lipinski definition) is 3. The van der Waals surface area contributed by atoms with Crippen LogP contribution in [0.5, 0.6) is 0 Å². The average Bonchev–Trinajstić information content (AvgIpc) is 2.30. The molecule has 0 amide bonds. The first-order valence-corrected chi connectivity index (χ1v) is 6.20. The lowest BCUT2D eigenvalue weighted by Crippen LogP contribution is -2.39. The van der Waals surface area contributed by atoms with E-state index in [9.17, 15) is 0 Å². The maximum Gasteiger partial charge on any atom is 0.126 e. The molecule has 3 nitrogen and oxygen atoms in total. The first-order chi connectivity index (χ1) is 7.78. The van der Waals surface area contributed by atoms with Gasteiger partial charge in [-0.1, -0.05) is 13.0 Å². The van der Waals surface area contributed by atoms with E-state index in [2.05, 4.69) is 34.3 Å².